The van der Waals surface area contributed by atoms with Gasteiger partial charge in [-0.2, -0.15) is 0 Å². The first-order chi connectivity index (χ1) is 9.97. The first kappa shape index (κ1) is 15.5. The van der Waals surface area contributed by atoms with Crippen LogP contribution in [0.2, 0.25) is 0 Å². The standard InChI is InChI=1S/C18H30N2S/c1-5-14-8-9-15(21-14)11-20-12-16(13-6-7-13)19-10-17(20)18(2,3)4/h8-9,13,16-17,19H,5-7,10-12H2,1-4H3. The van der Waals surface area contributed by atoms with Crippen LogP contribution in [0.5, 0.6) is 0 Å². The Labute approximate surface area is 133 Å². The Morgan fingerprint density at radius 2 is 1.95 bits per heavy atom. The summed E-state index contributed by atoms with van der Waals surface area (Å²) in [5, 5.41) is 3.83. The quantitative estimate of drug-likeness (QED) is 0.907. The highest BCUT2D eigenvalue weighted by molar-refractivity contribution is 7.11. The first-order valence-corrected chi connectivity index (χ1v) is 9.34. The number of hydrogen-bond acceptors (Lipinski definition) is 3. The zero-order chi connectivity index (χ0) is 15.0. The van der Waals surface area contributed by atoms with Crippen LogP contribution < -0.4 is 5.32 Å². The highest BCUT2D eigenvalue weighted by Crippen LogP contribution is 2.37. The van der Waals surface area contributed by atoms with Gasteiger partial charge in [-0.25, -0.2) is 0 Å². The van der Waals surface area contributed by atoms with Crippen LogP contribution in [0.3, 0.4) is 0 Å². The smallest absolute Gasteiger partial charge is 0.0332 e. The molecule has 2 heterocycles. The van der Waals surface area contributed by atoms with Crippen LogP contribution in [0.25, 0.3) is 0 Å². The second-order valence-corrected chi connectivity index (χ2v) is 9.14. The molecule has 2 nitrogen and oxygen atoms in total. The topological polar surface area (TPSA) is 15.3 Å². The van der Waals surface area contributed by atoms with Crippen LogP contribution >= 0.6 is 11.3 Å². The lowest BCUT2D eigenvalue weighted by molar-refractivity contribution is 0.0457. The van der Waals surface area contributed by atoms with Gasteiger partial charge in [0.1, 0.15) is 0 Å². The highest BCUT2D eigenvalue weighted by atomic mass is 32.1. The van der Waals surface area contributed by atoms with Crippen molar-refractivity contribution in [3.8, 4) is 0 Å². The number of nitrogens with zero attached hydrogens (tertiary/aromatic N) is 1. The van der Waals surface area contributed by atoms with Gasteiger partial charge in [-0.1, -0.05) is 27.7 Å². The first-order valence-electron chi connectivity index (χ1n) is 8.52. The largest absolute Gasteiger partial charge is 0.311 e. The van der Waals surface area contributed by atoms with Crippen molar-refractivity contribution in [2.45, 2.75) is 65.6 Å². The molecule has 2 aliphatic rings. The number of rotatable bonds is 4. The Morgan fingerprint density at radius 1 is 1.24 bits per heavy atom. The fraction of sp³-hybridized carbons (Fsp3) is 0.778. The third-order valence-electron chi connectivity index (χ3n) is 5.06. The van der Waals surface area contributed by atoms with Crippen molar-refractivity contribution in [3.63, 3.8) is 0 Å². The molecule has 21 heavy (non-hydrogen) atoms. The average Bonchev–Trinajstić information content (AvgIpc) is 3.18. The Hall–Kier alpha value is -0.380. The van der Waals surface area contributed by atoms with E-state index in [9.17, 15) is 0 Å². The van der Waals surface area contributed by atoms with E-state index in [0.717, 1.165) is 25.0 Å². The molecule has 3 heteroatoms. The molecule has 3 rings (SSSR count). The second-order valence-electron chi connectivity index (χ2n) is 7.89. The fourth-order valence-electron chi connectivity index (χ4n) is 3.58. The second kappa shape index (κ2) is 6.02. The van der Waals surface area contributed by atoms with Crippen molar-refractivity contribution in [3.05, 3.63) is 21.9 Å². The summed E-state index contributed by atoms with van der Waals surface area (Å²) in [6.45, 7) is 12.9. The van der Waals surface area contributed by atoms with Gasteiger partial charge in [-0.05, 0) is 42.7 Å². The molecule has 1 aromatic heterocycles. The summed E-state index contributed by atoms with van der Waals surface area (Å²) in [6, 6.07) is 6.03. The van der Waals surface area contributed by atoms with Gasteiger partial charge in [0, 0.05) is 41.5 Å². The van der Waals surface area contributed by atoms with Crippen LogP contribution in [-0.4, -0.2) is 30.1 Å². The van der Waals surface area contributed by atoms with Crippen molar-refractivity contribution in [2.24, 2.45) is 11.3 Å². The van der Waals surface area contributed by atoms with Crippen LogP contribution in [0.4, 0.5) is 0 Å². The molecule has 1 saturated carbocycles. The predicted octanol–water partition coefficient (Wildman–Crippen LogP) is 3.91. The Kier molecular flexibility index (Phi) is 4.45. The summed E-state index contributed by atoms with van der Waals surface area (Å²) in [7, 11) is 0. The molecular formula is C18H30N2S. The highest BCUT2D eigenvalue weighted by Gasteiger charge is 2.40. The van der Waals surface area contributed by atoms with Gasteiger partial charge in [0.05, 0.1) is 0 Å². The molecule has 0 radical (unpaired) electrons. The molecule has 0 bridgehead atoms. The maximum absolute atomic E-state index is 3.83. The minimum Gasteiger partial charge on any atom is -0.311 e. The Bertz CT molecular complexity index is 470. The predicted molar refractivity (Wildman–Crippen MR) is 91.9 cm³/mol. The SMILES string of the molecule is CCc1ccc(CN2CC(C3CC3)NCC2C(C)(C)C)s1. The van der Waals surface area contributed by atoms with Gasteiger partial charge in [0.15, 0.2) is 0 Å². The van der Waals surface area contributed by atoms with E-state index in [-0.39, 0.29) is 0 Å². The minimum absolute atomic E-state index is 0.340. The van der Waals surface area contributed by atoms with E-state index >= 15 is 0 Å². The number of hydrogen-bond donors (Lipinski definition) is 1. The average molecular weight is 307 g/mol. The van der Waals surface area contributed by atoms with Gasteiger partial charge in [0.25, 0.3) is 0 Å². The van der Waals surface area contributed by atoms with Crippen LogP contribution in [-0.2, 0) is 13.0 Å². The lowest BCUT2D eigenvalue weighted by Crippen LogP contribution is -2.60. The number of thiophene rings is 1. The van der Waals surface area contributed by atoms with Crippen molar-refractivity contribution in [2.75, 3.05) is 13.1 Å². The molecule has 2 atom stereocenters. The summed E-state index contributed by atoms with van der Waals surface area (Å²) < 4.78 is 0. The van der Waals surface area contributed by atoms with Crippen LogP contribution in [0.1, 0.15) is 50.3 Å². The third-order valence-corrected chi connectivity index (χ3v) is 6.28. The normalized spacial score (nSPS) is 28.0. The molecule has 1 aromatic rings. The van der Waals surface area contributed by atoms with E-state index in [1.165, 1.54) is 35.6 Å². The Balaban J connectivity index is 1.72. The molecule has 0 spiro atoms. The van der Waals surface area contributed by atoms with Gasteiger partial charge >= 0.3 is 0 Å². The van der Waals surface area contributed by atoms with Crippen LogP contribution in [0, 0.1) is 11.3 Å². The molecule has 1 N–H and O–H groups in total. The lowest BCUT2D eigenvalue weighted by atomic mass is 9.83. The summed E-state index contributed by atoms with van der Waals surface area (Å²) in [4.78, 5) is 5.81. The van der Waals surface area contributed by atoms with E-state index in [0.29, 0.717) is 11.5 Å². The van der Waals surface area contributed by atoms with Gasteiger partial charge in [-0.3, -0.25) is 4.90 Å². The fourth-order valence-corrected chi connectivity index (χ4v) is 4.56. The molecule has 1 saturated heterocycles. The molecule has 118 valence electrons. The number of aryl methyl sites for hydroxylation is 1. The van der Waals surface area contributed by atoms with Crippen LogP contribution in [0.15, 0.2) is 12.1 Å². The summed E-state index contributed by atoms with van der Waals surface area (Å²) in [5.41, 5.74) is 0.340. The maximum Gasteiger partial charge on any atom is 0.0332 e. The van der Waals surface area contributed by atoms with Crippen molar-refractivity contribution in [1.29, 1.82) is 0 Å². The Morgan fingerprint density at radius 3 is 2.52 bits per heavy atom. The van der Waals surface area contributed by atoms with Crippen molar-refractivity contribution < 1.29 is 0 Å². The summed E-state index contributed by atoms with van der Waals surface area (Å²) in [5.74, 6) is 0.947. The molecular weight excluding hydrogens is 276 g/mol. The summed E-state index contributed by atoms with van der Waals surface area (Å²) in [6.07, 6.45) is 4.04. The van der Waals surface area contributed by atoms with Gasteiger partial charge in [-0.15, -0.1) is 11.3 Å². The molecule has 0 aromatic carbocycles. The lowest BCUT2D eigenvalue weighted by Gasteiger charge is -2.46. The number of piperazine rings is 1. The molecule has 1 aliphatic heterocycles. The van der Waals surface area contributed by atoms with E-state index in [2.05, 4.69) is 50.0 Å². The zero-order valence-corrected chi connectivity index (χ0v) is 14.8. The van der Waals surface area contributed by atoms with Gasteiger partial charge < -0.3 is 5.32 Å². The van der Waals surface area contributed by atoms with Crippen molar-refractivity contribution in [1.82, 2.24) is 10.2 Å². The van der Waals surface area contributed by atoms with E-state index in [1.54, 1.807) is 0 Å². The molecule has 2 fully saturated rings. The minimum atomic E-state index is 0.340. The third kappa shape index (κ3) is 3.69. The van der Waals surface area contributed by atoms with Gasteiger partial charge in [0.2, 0.25) is 0 Å². The van der Waals surface area contributed by atoms with Crippen molar-refractivity contribution >= 4 is 11.3 Å². The maximum atomic E-state index is 3.83. The monoisotopic (exact) mass is 306 g/mol. The van der Waals surface area contributed by atoms with E-state index in [4.69, 9.17) is 0 Å². The molecule has 1 aliphatic carbocycles. The molecule has 2 unspecified atom stereocenters. The van der Waals surface area contributed by atoms with E-state index in [1.807, 2.05) is 11.3 Å². The zero-order valence-electron chi connectivity index (χ0n) is 14.0. The number of nitrogens with one attached hydrogen (secondary N) is 1. The van der Waals surface area contributed by atoms with E-state index < -0.39 is 0 Å². The molecule has 0 amide bonds. The summed E-state index contributed by atoms with van der Waals surface area (Å²) >= 11 is 2.00.